The van der Waals surface area contributed by atoms with Gasteiger partial charge >= 0.3 is 0 Å². The van der Waals surface area contributed by atoms with E-state index in [1.165, 1.54) is 22.2 Å². The number of nitrogens with one attached hydrogen (secondary N) is 1. The zero-order valence-corrected chi connectivity index (χ0v) is 10.3. The van der Waals surface area contributed by atoms with Gasteiger partial charge in [0.15, 0.2) is 0 Å². The minimum absolute atomic E-state index is 0.492. The molecule has 1 aromatic rings. The second kappa shape index (κ2) is 4.64. The van der Waals surface area contributed by atoms with Gasteiger partial charge in [-0.1, -0.05) is 13.8 Å². The summed E-state index contributed by atoms with van der Waals surface area (Å²) in [5, 5.41) is 6.97. The highest BCUT2D eigenvalue weighted by atomic mass is 32.2. The van der Waals surface area contributed by atoms with Crippen molar-refractivity contribution in [1.82, 2.24) is 10.3 Å². The molecule has 14 heavy (non-hydrogen) atoms. The molecule has 1 atom stereocenters. The van der Waals surface area contributed by atoms with E-state index in [2.05, 4.69) is 29.5 Å². The smallest absolute Gasteiger partial charge is 0.111 e. The Kier molecular flexibility index (Phi) is 3.47. The van der Waals surface area contributed by atoms with Gasteiger partial charge in [0.05, 0.1) is 11.7 Å². The molecule has 78 valence electrons. The highest BCUT2D eigenvalue weighted by molar-refractivity contribution is 7.99. The summed E-state index contributed by atoms with van der Waals surface area (Å²) in [5.74, 6) is 2.96. The molecule has 0 bridgehead atoms. The normalized spacial score (nSPS) is 22.9. The maximum absolute atomic E-state index is 4.68. The van der Waals surface area contributed by atoms with Crippen LogP contribution in [0, 0.1) is 0 Å². The van der Waals surface area contributed by atoms with Gasteiger partial charge in [0, 0.05) is 23.4 Å². The average Bonchev–Trinajstić information content (AvgIpc) is 2.68. The Morgan fingerprint density at radius 2 is 2.43 bits per heavy atom. The molecule has 0 amide bonds. The van der Waals surface area contributed by atoms with Crippen LogP contribution < -0.4 is 5.32 Å². The van der Waals surface area contributed by atoms with E-state index in [1.54, 1.807) is 11.3 Å². The molecular formula is C10H16N2S2. The Balaban J connectivity index is 2.07. The van der Waals surface area contributed by atoms with Gasteiger partial charge in [-0.25, -0.2) is 4.98 Å². The largest absolute Gasteiger partial charge is 0.306 e. The average molecular weight is 228 g/mol. The van der Waals surface area contributed by atoms with Gasteiger partial charge in [-0.3, -0.25) is 0 Å². The number of thiazole rings is 1. The van der Waals surface area contributed by atoms with E-state index >= 15 is 0 Å². The Hall–Kier alpha value is -0.0600. The molecule has 4 heteroatoms. The fraction of sp³-hybridized carbons (Fsp3) is 0.700. The second-order valence-electron chi connectivity index (χ2n) is 3.85. The molecule has 2 rings (SSSR count). The number of aromatic nitrogens is 1. The van der Waals surface area contributed by atoms with Gasteiger partial charge in [-0.2, -0.15) is 11.8 Å². The summed E-state index contributed by atoms with van der Waals surface area (Å²) in [6.07, 6.45) is 0. The summed E-state index contributed by atoms with van der Waals surface area (Å²) < 4.78 is 0. The molecule has 1 unspecified atom stereocenters. The minimum atomic E-state index is 0.492. The van der Waals surface area contributed by atoms with Crippen LogP contribution in [0.2, 0.25) is 0 Å². The number of hydrogen-bond donors (Lipinski definition) is 1. The molecule has 1 aliphatic rings. The van der Waals surface area contributed by atoms with Gasteiger partial charge in [-0.15, -0.1) is 11.3 Å². The van der Waals surface area contributed by atoms with Crippen LogP contribution in [0.25, 0.3) is 0 Å². The van der Waals surface area contributed by atoms with Crippen LogP contribution >= 0.6 is 23.1 Å². The lowest BCUT2D eigenvalue weighted by atomic mass is 10.2. The fourth-order valence-corrected chi connectivity index (χ4v) is 3.55. The van der Waals surface area contributed by atoms with Crippen molar-refractivity contribution in [2.45, 2.75) is 25.8 Å². The van der Waals surface area contributed by atoms with E-state index in [0.717, 1.165) is 6.54 Å². The van der Waals surface area contributed by atoms with Crippen molar-refractivity contribution in [3.63, 3.8) is 0 Å². The first kappa shape index (κ1) is 10.5. The van der Waals surface area contributed by atoms with Crippen LogP contribution in [-0.2, 0) is 0 Å². The Labute approximate surface area is 93.5 Å². The standard InChI is InChI=1S/C10H16N2S2/c1-7(2)8-6-14-10(12-8)9-5-13-4-3-11-9/h6-7,9,11H,3-5H2,1-2H3. The molecule has 0 aromatic carbocycles. The lowest BCUT2D eigenvalue weighted by Crippen LogP contribution is -2.30. The molecule has 2 nitrogen and oxygen atoms in total. The lowest BCUT2D eigenvalue weighted by molar-refractivity contribution is 0.589. The molecule has 1 aromatic heterocycles. The maximum Gasteiger partial charge on any atom is 0.111 e. The summed E-state index contributed by atoms with van der Waals surface area (Å²) >= 11 is 3.82. The van der Waals surface area contributed by atoms with Crippen molar-refractivity contribution < 1.29 is 0 Å². The van der Waals surface area contributed by atoms with Crippen LogP contribution in [-0.4, -0.2) is 23.0 Å². The Bertz CT molecular complexity index is 290. The third-order valence-electron chi connectivity index (χ3n) is 2.35. The predicted octanol–water partition coefficient (Wildman–Crippen LogP) is 2.64. The van der Waals surface area contributed by atoms with Gasteiger partial charge in [-0.05, 0) is 5.92 Å². The third kappa shape index (κ3) is 2.30. The van der Waals surface area contributed by atoms with E-state index in [-0.39, 0.29) is 0 Å². The predicted molar refractivity (Wildman–Crippen MR) is 64.3 cm³/mol. The maximum atomic E-state index is 4.68. The van der Waals surface area contributed by atoms with Gasteiger partial charge in [0.2, 0.25) is 0 Å². The lowest BCUT2D eigenvalue weighted by Gasteiger charge is -2.20. The summed E-state index contributed by atoms with van der Waals surface area (Å²) in [6, 6.07) is 0.492. The van der Waals surface area contributed by atoms with E-state index < -0.39 is 0 Å². The number of thioether (sulfide) groups is 1. The quantitative estimate of drug-likeness (QED) is 0.842. The van der Waals surface area contributed by atoms with E-state index in [9.17, 15) is 0 Å². The van der Waals surface area contributed by atoms with Gasteiger partial charge in [0.1, 0.15) is 5.01 Å². The molecule has 0 saturated carbocycles. The topological polar surface area (TPSA) is 24.9 Å². The van der Waals surface area contributed by atoms with Crippen LogP contribution in [0.4, 0.5) is 0 Å². The molecule has 1 aliphatic heterocycles. The molecule has 0 radical (unpaired) electrons. The summed E-state index contributed by atoms with van der Waals surface area (Å²) in [5.41, 5.74) is 1.24. The fourth-order valence-electron chi connectivity index (χ4n) is 1.45. The second-order valence-corrected chi connectivity index (χ2v) is 5.89. The summed E-state index contributed by atoms with van der Waals surface area (Å²) in [4.78, 5) is 4.68. The molecule has 0 spiro atoms. The zero-order valence-electron chi connectivity index (χ0n) is 8.62. The van der Waals surface area contributed by atoms with Crippen molar-refractivity contribution in [2.24, 2.45) is 0 Å². The highest BCUT2D eigenvalue weighted by Gasteiger charge is 2.18. The molecule has 1 saturated heterocycles. The SMILES string of the molecule is CC(C)c1csc(C2CSCCN2)n1. The summed E-state index contributed by atoms with van der Waals surface area (Å²) in [6.45, 7) is 5.51. The Morgan fingerprint density at radius 3 is 3.00 bits per heavy atom. The number of nitrogens with zero attached hydrogens (tertiary/aromatic N) is 1. The minimum Gasteiger partial charge on any atom is -0.306 e. The van der Waals surface area contributed by atoms with Crippen molar-refractivity contribution >= 4 is 23.1 Å². The van der Waals surface area contributed by atoms with E-state index in [4.69, 9.17) is 0 Å². The van der Waals surface area contributed by atoms with Crippen molar-refractivity contribution in [2.75, 3.05) is 18.1 Å². The van der Waals surface area contributed by atoms with Crippen LogP contribution in [0.3, 0.4) is 0 Å². The zero-order chi connectivity index (χ0) is 9.97. The van der Waals surface area contributed by atoms with Gasteiger partial charge < -0.3 is 5.32 Å². The highest BCUT2D eigenvalue weighted by Crippen LogP contribution is 2.26. The molecule has 1 N–H and O–H groups in total. The number of rotatable bonds is 2. The van der Waals surface area contributed by atoms with Gasteiger partial charge in [0.25, 0.3) is 0 Å². The molecule has 1 fully saturated rings. The first-order valence-electron chi connectivity index (χ1n) is 5.04. The molecule has 2 heterocycles. The van der Waals surface area contributed by atoms with Crippen LogP contribution in [0.1, 0.15) is 36.5 Å². The molecular weight excluding hydrogens is 212 g/mol. The van der Waals surface area contributed by atoms with Crippen molar-refractivity contribution in [3.05, 3.63) is 16.1 Å². The number of hydrogen-bond acceptors (Lipinski definition) is 4. The third-order valence-corrected chi connectivity index (χ3v) is 4.39. The first-order valence-corrected chi connectivity index (χ1v) is 7.07. The molecule has 0 aliphatic carbocycles. The van der Waals surface area contributed by atoms with E-state index in [1.807, 2.05) is 11.8 Å². The monoisotopic (exact) mass is 228 g/mol. The van der Waals surface area contributed by atoms with Crippen molar-refractivity contribution in [3.8, 4) is 0 Å². The Morgan fingerprint density at radius 1 is 1.57 bits per heavy atom. The van der Waals surface area contributed by atoms with Crippen LogP contribution in [0.15, 0.2) is 5.38 Å². The van der Waals surface area contributed by atoms with Crippen molar-refractivity contribution in [1.29, 1.82) is 0 Å². The first-order chi connectivity index (χ1) is 6.77. The summed E-state index contributed by atoms with van der Waals surface area (Å²) in [7, 11) is 0. The van der Waals surface area contributed by atoms with E-state index in [0.29, 0.717) is 12.0 Å². The van der Waals surface area contributed by atoms with Crippen LogP contribution in [0.5, 0.6) is 0 Å².